The van der Waals surface area contributed by atoms with Gasteiger partial charge < -0.3 is 19.1 Å². The van der Waals surface area contributed by atoms with Crippen molar-refractivity contribution in [2.75, 3.05) is 32.8 Å². The number of aromatic nitrogens is 3. The van der Waals surface area contributed by atoms with Gasteiger partial charge in [0, 0.05) is 58.7 Å². The van der Waals surface area contributed by atoms with E-state index in [1.54, 1.807) is 18.4 Å². The second kappa shape index (κ2) is 14.8. The zero-order chi connectivity index (χ0) is 33.2. The molecule has 2 saturated heterocycles. The van der Waals surface area contributed by atoms with Crippen LogP contribution in [0, 0.1) is 18.8 Å². The first-order valence-electron chi connectivity index (χ1n) is 16.5. The highest BCUT2D eigenvalue weighted by molar-refractivity contribution is 9.10. The highest BCUT2D eigenvalue weighted by Crippen LogP contribution is 2.46. The Hall–Kier alpha value is -2.76. The molecule has 2 aromatic heterocycles. The van der Waals surface area contributed by atoms with E-state index in [4.69, 9.17) is 21.3 Å². The summed E-state index contributed by atoms with van der Waals surface area (Å²) in [6, 6.07) is 6.30. The third-order valence-corrected chi connectivity index (χ3v) is 11.3. The molecule has 6 rings (SSSR count). The van der Waals surface area contributed by atoms with Crippen molar-refractivity contribution < 1.29 is 19.1 Å². The highest BCUT2D eigenvalue weighted by atomic mass is 79.9. The Labute approximate surface area is 297 Å². The number of rotatable bonds is 7. The maximum atomic E-state index is 13.5. The predicted octanol–water partition coefficient (Wildman–Crippen LogP) is 6.74. The van der Waals surface area contributed by atoms with E-state index in [1.807, 2.05) is 22.1 Å². The molecular formula is C35H40Br2ClN5O4. The van der Waals surface area contributed by atoms with Crippen LogP contribution in [0.5, 0.6) is 0 Å². The lowest BCUT2D eigenvalue weighted by Crippen LogP contribution is -2.43. The Morgan fingerprint density at radius 1 is 0.936 bits per heavy atom. The minimum Gasteiger partial charge on any atom is -0.461 e. The number of ether oxygens (including phenoxy) is 1. The number of amides is 2. The van der Waals surface area contributed by atoms with Gasteiger partial charge in [-0.25, -0.2) is 9.78 Å². The number of likely N-dealkylation sites (tertiary alicyclic amines) is 2. The molecule has 47 heavy (non-hydrogen) atoms. The summed E-state index contributed by atoms with van der Waals surface area (Å²) in [5.41, 5.74) is 5.83. The number of pyridine rings is 1. The van der Waals surface area contributed by atoms with Crippen LogP contribution in [0.2, 0.25) is 5.02 Å². The molecular weight excluding hydrogens is 750 g/mol. The van der Waals surface area contributed by atoms with Crippen molar-refractivity contribution in [1.82, 2.24) is 24.3 Å². The first-order chi connectivity index (χ1) is 22.6. The Morgan fingerprint density at radius 3 is 2.34 bits per heavy atom. The Kier molecular flexibility index (Phi) is 10.7. The van der Waals surface area contributed by atoms with E-state index in [9.17, 15) is 14.4 Å². The van der Waals surface area contributed by atoms with Crippen LogP contribution in [-0.4, -0.2) is 74.9 Å². The van der Waals surface area contributed by atoms with Crippen molar-refractivity contribution in [2.24, 2.45) is 11.8 Å². The summed E-state index contributed by atoms with van der Waals surface area (Å²) in [6.45, 7) is 6.45. The predicted molar refractivity (Wildman–Crippen MR) is 186 cm³/mol. The molecule has 1 aromatic carbocycles. The van der Waals surface area contributed by atoms with Gasteiger partial charge in [0.05, 0.1) is 24.3 Å². The lowest BCUT2D eigenvalue weighted by Gasteiger charge is -2.38. The fraction of sp³-hybridized carbons (Fsp3) is 0.514. The molecule has 2 aliphatic heterocycles. The standard InChI is InChI=1S/C35H40Br2ClN5O4/c1-3-47-35(46)34-21(2)40-20-43(34)19-30(45)42-10-6-22(7-11-42)14-29(44)41-12-8-23(9-13-41)32-31-24(16-27(38)17-28(31)37)4-5-25-15-26(36)18-39-33(25)32/h15-18,20,22-23,32H,3-14,19H2,1-2H3/t32-/m1/s1. The van der Waals surface area contributed by atoms with Crippen LogP contribution in [0.4, 0.5) is 0 Å². The third-order valence-electron chi connectivity index (χ3n) is 10.0. The van der Waals surface area contributed by atoms with E-state index in [2.05, 4.69) is 49.0 Å². The van der Waals surface area contributed by atoms with Crippen molar-refractivity contribution in [2.45, 2.75) is 71.3 Å². The van der Waals surface area contributed by atoms with E-state index < -0.39 is 5.97 Å². The maximum absolute atomic E-state index is 13.5. The summed E-state index contributed by atoms with van der Waals surface area (Å²) < 4.78 is 8.74. The average molecular weight is 790 g/mol. The molecule has 0 bridgehead atoms. The van der Waals surface area contributed by atoms with Crippen LogP contribution >= 0.6 is 43.5 Å². The Bertz CT molecular complexity index is 1660. The van der Waals surface area contributed by atoms with Crippen LogP contribution < -0.4 is 0 Å². The fourth-order valence-electron chi connectivity index (χ4n) is 7.59. The Balaban J connectivity index is 1.04. The number of benzene rings is 1. The van der Waals surface area contributed by atoms with Gasteiger partial charge in [-0.3, -0.25) is 14.6 Å². The molecule has 250 valence electrons. The molecule has 0 saturated carbocycles. The van der Waals surface area contributed by atoms with Gasteiger partial charge in [-0.2, -0.15) is 0 Å². The topological polar surface area (TPSA) is 97.6 Å². The average Bonchev–Trinajstić information content (AvgIpc) is 3.33. The zero-order valence-electron chi connectivity index (χ0n) is 26.8. The summed E-state index contributed by atoms with van der Waals surface area (Å²) in [6.07, 6.45) is 9.16. The van der Waals surface area contributed by atoms with Crippen LogP contribution in [0.3, 0.4) is 0 Å². The number of carbonyl (C=O) groups is 3. The van der Waals surface area contributed by atoms with Crippen LogP contribution in [0.15, 0.2) is 39.7 Å². The quantitative estimate of drug-likeness (QED) is 0.246. The number of carbonyl (C=O) groups excluding carboxylic acids is 3. The minimum atomic E-state index is -0.469. The normalized spacial score (nSPS) is 18.8. The number of nitrogens with zero attached hydrogens (tertiary/aromatic N) is 5. The van der Waals surface area contributed by atoms with Crippen molar-refractivity contribution >= 4 is 61.2 Å². The first kappa shape index (κ1) is 34.1. The van der Waals surface area contributed by atoms with Gasteiger partial charge >= 0.3 is 5.97 Å². The van der Waals surface area contributed by atoms with Gasteiger partial charge in [0.15, 0.2) is 5.69 Å². The molecule has 0 N–H and O–H groups in total. The van der Waals surface area contributed by atoms with E-state index in [0.717, 1.165) is 71.3 Å². The number of esters is 1. The molecule has 2 fully saturated rings. The summed E-state index contributed by atoms with van der Waals surface area (Å²) >= 11 is 13.9. The lowest BCUT2D eigenvalue weighted by atomic mass is 9.76. The van der Waals surface area contributed by atoms with Gasteiger partial charge in [-0.15, -0.1) is 0 Å². The molecule has 9 nitrogen and oxygen atoms in total. The van der Waals surface area contributed by atoms with E-state index in [0.29, 0.717) is 36.8 Å². The van der Waals surface area contributed by atoms with E-state index >= 15 is 0 Å². The van der Waals surface area contributed by atoms with Crippen LogP contribution in [0.25, 0.3) is 0 Å². The van der Waals surface area contributed by atoms with Gasteiger partial charge in [0.1, 0.15) is 6.54 Å². The number of fused-ring (bicyclic) bond motifs is 2. The third kappa shape index (κ3) is 7.47. The molecule has 12 heteroatoms. The Morgan fingerprint density at radius 2 is 1.62 bits per heavy atom. The molecule has 3 aromatic rings. The monoisotopic (exact) mass is 787 g/mol. The second-order valence-electron chi connectivity index (χ2n) is 12.9. The maximum Gasteiger partial charge on any atom is 0.356 e. The summed E-state index contributed by atoms with van der Waals surface area (Å²) in [5.74, 6) is 0.427. The van der Waals surface area contributed by atoms with Crippen molar-refractivity contribution in [3.05, 3.63) is 78.5 Å². The summed E-state index contributed by atoms with van der Waals surface area (Å²) in [4.78, 5) is 52.0. The zero-order valence-corrected chi connectivity index (χ0v) is 30.7. The number of aryl methyl sites for hydroxylation is 3. The number of imidazole rings is 1. The van der Waals surface area contributed by atoms with Gasteiger partial charge in [-0.05, 0) is 115 Å². The molecule has 0 spiro atoms. The van der Waals surface area contributed by atoms with Gasteiger partial charge in [-0.1, -0.05) is 27.5 Å². The van der Waals surface area contributed by atoms with E-state index in [-0.39, 0.29) is 36.8 Å². The smallest absolute Gasteiger partial charge is 0.356 e. The van der Waals surface area contributed by atoms with Crippen LogP contribution in [0.1, 0.15) is 83.5 Å². The van der Waals surface area contributed by atoms with E-state index in [1.165, 1.54) is 23.0 Å². The van der Waals surface area contributed by atoms with Crippen molar-refractivity contribution in [1.29, 1.82) is 0 Å². The molecule has 3 aliphatic rings. The molecule has 1 atom stereocenters. The highest BCUT2D eigenvalue weighted by Gasteiger charge is 2.37. The van der Waals surface area contributed by atoms with Crippen LogP contribution in [-0.2, 0) is 33.7 Å². The summed E-state index contributed by atoms with van der Waals surface area (Å²) in [7, 11) is 0. The summed E-state index contributed by atoms with van der Waals surface area (Å²) in [5, 5.41) is 0.738. The fourth-order valence-corrected chi connectivity index (χ4v) is 9.09. The number of halogens is 3. The first-order valence-corrected chi connectivity index (χ1v) is 18.5. The second-order valence-corrected chi connectivity index (χ2v) is 15.1. The van der Waals surface area contributed by atoms with Crippen molar-refractivity contribution in [3.63, 3.8) is 0 Å². The number of hydrogen-bond donors (Lipinski definition) is 0. The van der Waals surface area contributed by atoms with Gasteiger partial charge in [0.25, 0.3) is 0 Å². The molecule has 4 heterocycles. The number of hydrogen-bond acceptors (Lipinski definition) is 6. The SMILES string of the molecule is CCOC(=O)c1c(C)ncn1CC(=O)N1CCC(CC(=O)N2CCC([C@H]3c4ncc(Br)cc4CCc4cc(Cl)cc(Br)c43)CC2)CC1. The molecule has 1 aliphatic carbocycles. The molecule has 2 amide bonds. The minimum absolute atomic E-state index is 0.0415. The number of piperidine rings is 2. The largest absolute Gasteiger partial charge is 0.461 e. The van der Waals surface area contributed by atoms with Gasteiger partial charge in [0.2, 0.25) is 11.8 Å². The van der Waals surface area contributed by atoms with Crippen molar-refractivity contribution in [3.8, 4) is 0 Å². The lowest BCUT2D eigenvalue weighted by molar-refractivity contribution is -0.135. The molecule has 0 radical (unpaired) electrons. The molecule has 0 unspecified atom stereocenters.